The van der Waals surface area contributed by atoms with Crippen molar-refractivity contribution in [2.24, 2.45) is 5.73 Å². The van der Waals surface area contributed by atoms with Crippen LogP contribution in [0.1, 0.15) is 44.3 Å². The first-order valence-corrected chi connectivity index (χ1v) is 9.26. The summed E-state index contributed by atoms with van der Waals surface area (Å²) in [6, 6.07) is 0. The summed E-state index contributed by atoms with van der Waals surface area (Å²) < 4.78 is 3.31. The number of aromatic nitrogens is 3. The van der Waals surface area contributed by atoms with Crippen LogP contribution in [0.25, 0.3) is 0 Å². The van der Waals surface area contributed by atoms with Gasteiger partial charge in [-0.15, -0.1) is 0 Å². The number of rotatable bonds is 6. The van der Waals surface area contributed by atoms with Crippen LogP contribution in [0, 0.1) is 0 Å². The molecular formula is C17H30N6O2. The molecule has 1 unspecified atom stereocenters. The standard InChI is InChI=1S/C17H30N6O2/c1-4-22-14(19-23(16(22)25)11-10-20(2)3)13-6-5-9-21(12-13)15(24)17(18)7-8-17/h13H,4-12,18H2,1-3H3. The lowest BCUT2D eigenvalue weighted by Gasteiger charge is -2.34. The van der Waals surface area contributed by atoms with Gasteiger partial charge >= 0.3 is 5.69 Å². The zero-order chi connectivity index (χ0) is 18.2. The van der Waals surface area contributed by atoms with Gasteiger partial charge in [-0.2, -0.15) is 5.10 Å². The lowest BCUT2D eigenvalue weighted by molar-refractivity contribution is -0.134. The van der Waals surface area contributed by atoms with E-state index < -0.39 is 5.54 Å². The van der Waals surface area contributed by atoms with E-state index >= 15 is 0 Å². The first-order valence-electron chi connectivity index (χ1n) is 9.26. The van der Waals surface area contributed by atoms with E-state index in [9.17, 15) is 9.59 Å². The minimum atomic E-state index is -0.628. The Morgan fingerprint density at radius 3 is 2.72 bits per heavy atom. The fourth-order valence-electron chi connectivity index (χ4n) is 3.53. The molecular weight excluding hydrogens is 320 g/mol. The Hall–Kier alpha value is -1.67. The monoisotopic (exact) mass is 350 g/mol. The predicted octanol–water partition coefficient (Wildman–Crippen LogP) is -0.176. The molecule has 2 N–H and O–H groups in total. The van der Waals surface area contributed by atoms with Gasteiger partial charge in [0, 0.05) is 32.1 Å². The van der Waals surface area contributed by atoms with Crippen molar-refractivity contribution in [3.8, 4) is 0 Å². The van der Waals surface area contributed by atoms with Crippen LogP contribution in [0.2, 0.25) is 0 Å². The fraction of sp³-hybridized carbons (Fsp3) is 0.824. The summed E-state index contributed by atoms with van der Waals surface area (Å²) >= 11 is 0. The summed E-state index contributed by atoms with van der Waals surface area (Å²) in [7, 11) is 3.96. The maximum absolute atomic E-state index is 12.6. The highest BCUT2D eigenvalue weighted by atomic mass is 16.2. The molecule has 140 valence electrons. The highest BCUT2D eigenvalue weighted by Gasteiger charge is 2.49. The van der Waals surface area contributed by atoms with Crippen molar-refractivity contribution in [2.75, 3.05) is 33.7 Å². The molecule has 8 heteroatoms. The van der Waals surface area contributed by atoms with Crippen LogP contribution in [0.15, 0.2) is 4.79 Å². The molecule has 1 aromatic rings. The second kappa shape index (κ2) is 6.92. The Morgan fingerprint density at radius 1 is 1.40 bits per heavy atom. The van der Waals surface area contributed by atoms with Crippen molar-refractivity contribution in [3.05, 3.63) is 16.3 Å². The van der Waals surface area contributed by atoms with Crippen LogP contribution in [0.5, 0.6) is 0 Å². The predicted molar refractivity (Wildman–Crippen MR) is 95.4 cm³/mol. The third-order valence-corrected chi connectivity index (χ3v) is 5.32. The molecule has 3 rings (SSSR count). The van der Waals surface area contributed by atoms with Gasteiger partial charge in [0.2, 0.25) is 5.91 Å². The molecule has 1 aliphatic carbocycles. The van der Waals surface area contributed by atoms with Gasteiger partial charge in [0.15, 0.2) is 0 Å². The van der Waals surface area contributed by atoms with E-state index in [1.165, 1.54) is 0 Å². The Labute approximate surface area is 148 Å². The van der Waals surface area contributed by atoms with Gasteiger partial charge in [-0.1, -0.05) is 0 Å². The number of carbonyl (C=O) groups excluding carboxylic acids is 1. The molecule has 25 heavy (non-hydrogen) atoms. The van der Waals surface area contributed by atoms with E-state index in [4.69, 9.17) is 5.73 Å². The first kappa shape index (κ1) is 18.1. The highest BCUT2D eigenvalue weighted by molar-refractivity contribution is 5.89. The third kappa shape index (κ3) is 3.64. The number of piperidine rings is 1. The van der Waals surface area contributed by atoms with Crippen molar-refractivity contribution in [1.82, 2.24) is 24.1 Å². The number of amides is 1. The molecule has 0 bridgehead atoms. The lowest BCUT2D eigenvalue weighted by Crippen LogP contribution is -2.49. The molecule has 0 radical (unpaired) electrons. The van der Waals surface area contributed by atoms with Crippen LogP contribution in [0.4, 0.5) is 0 Å². The molecule has 1 saturated heterocycles. The van der Waals surface area contributed by atoms with E-state index in [2.05, 4.69) is 5.10 Å². The highest BCUT2D eigenvalue weighted by Crippen LogP contribution is 2.36. The van der Waals surface area contributed by atoms with Crippen LogP contribution < -0.4 is 11.4 Å². The van der Waals surface area contributed by atoms with Gasteiger partial charge in [-0.25, -0.2) is 9.48 Å². The number of carbonyl (C=O) groups is 1. The molecule has 1 aliphatic heterocycles. The summed E-state index contributed by atoms with van der Waals surface area (Å²) in [5, 5.41) is 4.62. The van der Waals surface area contributed by atoms with Crippen LogP contribution in [0.3, 0.4) is 0 Å². The number of nitrogens with two attached hydrogens (primary N) is 1. The average Bonchev–Trinajstić information content (AvgIpc) is 3.26. The van der Waals surface area contributed by atoms with E-state index in [1.54, 1.807) is 9.25 Å². The molecule has 2 heterocycles. The van der Waals surface area contributed by atoms with Crippen LogP contribution in [-0.4, -0.2) is 69.3 Å². The van der Waals surface area contributed by atoms with Gasteiger partial charge in [-0.05, 0) is 46.7 Å². The minimum absolute atomic E-state index is 0.0553. The second-order valence-electron chi connectivity index (χ2n) is 7.66. The fourth-order valence-corrected chi connectivity index (χ4v) is 3.53. The van der Waals surface area contributed by atoms with Crippen molar-refractivity contribution in [3.63, 3.8) is 0 Å². The van der Waals surface area contributed by atoms with Crippen molar-refractivity contribution in [1.29, 1.82) is 0 Å². The van der Waals surface area contributed by atoms with Crippen LogP contribution >= 0.6 is 0 Å². The van der Waals surface area contributed by atoms with Gasteiger partial charge in [0.1, 0.15) is 5.82 Å². The normalized spacial score (nSPS) is 22.4. The number of hydrogen-bond acceptors (Lipinski definition) is 5. The molecule has 8 nitrogen and oxygen atoms in total. The van der Waals surface area contributed by atoms with Gasteiger partial charge < -0.3 is 15.5 Å². The number of likely N-dealkylation sites (tertiary alicyclic amines) is 1. The zero-order valence-corrected chi connectivity index (χ0v) is 15.6. The average molecular weight is 350 g/mol. The molecule has 2 aliphatic rings. The smallest absolute Gasteiger partial charge is 0.340 e. The van der Waals surface area contributed by atoms with E-state index in [-0.39, 0.29) is 17.5 Å². The Bertz CT molecular complexity index is 688. The van der Waals surface area contributed by atoms with E-state index in [1.807, 2.05) is 30.8 Å². The number of hydrogen-bond donors (Lipinski definition) is 1. The molecule has 1 atom stereocenters. The van der Waals surface area contributed by atoms with Crippen molar-refractivity contribution >= 4 is 5.91 Å². The number of nitrogens with zero attached hydrogens (tertiary/aromatic N) is 5. The SMILES string of the molecule is CCn1c(C2CCCN(C(=O)C3(N)CC3)C2)nn(CCN(C)C)c1=O. The molecule has 2 fully saturated rings. The molecule has 0 spiro atoms. The zero-order valence-electron chi connectivity index (χ0n) is 15.6. The molecule has 1 aromatic heterocycles. The summed E-state index contributed by atoms with van der Waals surface area (Å²) in [4.78, 5) is 29.1. The summed E-state index contributed by atoms with van der Waals surface area (Å²) in [5.41, 5.74) is 5.40. The van der Waals surface area contributed by atoms with E-state index in [0.717, 1.165) is 44.6 Å². The van der Waals surface area contributed by atoms with Crippen molar-refractivity contribution in [2.45, 2.75) is 57.2 Å². The van der Waals surface area contributed by atoms with Gasteiger partial charge in [0.05, 0.1) is 12.1 Å². The maximum Gasteiger partial charge on any atom is 0.345 e. The second-order valence-corrected chi connectivity index (χ2v) is 7.66. The van der Waals surface area contributed by atoms with Gasteiger partial charge in [0.25, 0.3) is 0 Å². The molecule has 1 saturated carbocycles. The minimum Gasteiger partial charge on any atom is -0.340 e. The summed E-state index contributed by atoms with van der Waals surface area (Å²) in [6.07, 6.45) is 3.44. The largest absolute Gasteiger partial charge is 0.345 e. The number of likely N-dealkylation sites (N-methyl/N-ethyl adjacent to an activating group) is 1. The molecule has 0 aromatic carbocycles. The Balaban J connectivity index is 1.79. The Morgan fingerprint density at radius 2 is 2.12 bits per heavy atom. The van der Waals surface area contributed by atoms with Gasteiger partial charge in [-0.3, -0.25) is 9.36 Å². The first-order chi connectivity index (χ1) is 11.9. The quantitative estimate of drug-likeness (QED) is 0.769. The Kier molecular flexibility index (Phi) is 5.02. The van der Waals surface area contributed by atoms with Crippen molar-refractivity contribution < 1.29 is 4.79 Å². The lowest BCUT2D eigenvalue weighted by atomic mass is 9.96. The topological polar surface area (TPSA) is 89.4 Å². The summed E-state index contributed by atoms with van der Waals surface area (Å²) in [6.45, 7) is 5.28. The van der Waals surface area contributed by atoms with Crippen LogP contribution in [-0.2, 0) is 17.9 Å². The summed E-state index contributed by atoms with van der Waals surface area (Å²) in [5.74, 6) is 0.980. The van der Waals surface area contributed by atoms with E-state index in [0.29, 0.717) is 19.6 Å². The third-order valence-electron chi connectivity index (χ3n) is 5.32. The molecule has 1 amide bonds. The maximum atomic E-state index is 12.6.